The van der Waals surface area contributed by atoms with Crippen LogP contribution in [-0.4, -0.2) is 20.6 Å². The van der Waals surface area contributed by atoms with Gasteiger partial charge in [-0.1, -0.05) is 58.3 Å². The fraction of sp³-hybridized carbons (Fsp3) is 0.857. The van der Waals surface area contributed by atoms with Crippen LogP contribution in [0.3, 0.4) is 0 Å². The molecule has 0 spiro atoms. The number of thioether (sulfide) groups is 1. The van der Waals surface area contributed by atoms with E-state index in [1.165, 1.54) is 89.2 Å². The molecule has 0 aromatic carbocycles. The molecule has 1 heterocycles. The van der Waals surface area contributed by atoms with Crippen molar-refractivity contribution in [2.24, 2.45) is 5.92 Å². The van der Waals surface area contributed by atoms with Crippen LogP contribution in [0, 0.1) is 5.92 Å². The second-order valence-corrected chi connectivity index (χ2v) is 8.86. The smallest absolute Gasteiger partial charge is 0.0945 e. The lowest BCUT2D eigenvalue weighted by Gasteiger charge is -2.30. The summed E-state index contributed by atoms with van der Waals surface area (Å²) in [7, 11) is 0. The van der Waals surface area contributed by atoms with Gasteiger partial charge in [0.15, 0.2) is 0 Å². The van der Waals surface area contributed by atoms with Gasteiger partial charge in [-0.15, -0.1) is 0 Å². The van der Waals surface area contributed by atoms with Gasteiger partial charge in [-0.2, -0.15) is 11.8 Å². The normalized spacial score (nSPS) is 17.2. The Bertz CT molecular complexity index is 385. The van der Waals surface area contributed by atoms with Crippen molar-refractivity contribution >= 4 is 11.8 Å². The molecule has 0 aliphatic heterocycles. The molecule has 138 valence electrons. The first-order valence-electron chi connectivity index (χ1n) is 10.5. The van der Waals surface area contributed by atoms with E-state index >= 15 is 0 Å². The third kappa shape index (κ3) is 8.09. The molecule has 2 nitrogen and oxygen atoms in total. The largest absolute Gasteiger partial charge is 0.337 e. The Morgan fingerprint density at radius 1 is 1.04 bits per heavy atom. The Morgan fingerprint density at radius 2 is 1.88 bits per heavy atom. The average molecular weight is 351 g/mol. The Hall–Kier alpha value is -0.440. The number of aromatic nitrogens is 2. The molecule has 3 heteroatoms. The number of hydrogen-bond donors (Lipinski definition) is 0. The van der Waals surface area contributed by atoms with Crippen molar-refractivity contribution in [2.45, 2.75) is 102 Å². The van der Waals surface area contributed by atoms with E-state index in [4.69, 9.17) is 0 Å². The molecule has 0 N–H and O–H groups in total. The van der Waals surface area contributed by atoms with Gasteiger partial charge in [0.25, 0.3) is 0 Å². The number of aryl methyl sites for hydroxylation is 1. The number of rotatable bonds is 13. The van der Waals surface area contributed by atoms with Gasteiger partial charge >= 0.3 is 0 Å². The van der Waals surface area contributed by atoms with E-state index < -0.39 is 0 Å². The van der Waals surface area contributed by atoms with Gasteiger partial charge in [0.2, 0.25) is 0 Å². The highest BCUT2D eigenvalue weighted by Gasteiger charge is 2.23. The summed E-state index contributed by atoms with van der Waals surface area (Å²) in [5.74, 6) is 2.42. The third-order valence-corrected chi connectivity index (χ3v) is 7.04. The van der Waals surface area contributed by atoms with Gasteiger partial charge in [-0.25, -0.2) is 4.98 Å². The highest BCUT2D eigenvalue weighted by atomic mass is 32.2. The van der Waals surface area contributed by atoms with Crippen molar-refractivity contribution in [3.63, 3.8) is 0 Å². The predicted molar refractivity (Wildman–Crippen MR) is 108 cm³/mol. The standard InChI is InChI=1S/C21H38N2S/c1-2-3-4-11-18-24-21(20-12-7-5-8-13-20)14-9-6-10-16-23-17-15-22-19-23/h15,17,19-21H,2-14,16,18H2,1H3. The van der Waals surface area contributed by atoms with E-state index in [9.17, 15) is 0 Å². The maximum Gasteiger partial charge on any atom is 0.0945 e. The van der Waals surface area contributed by atoms with Crippen LogP contribution in [0.2, 0.25) is 0 Å². The van der Waals surface area contributed by atoms with Crippen LogP contribution < -0.4 is 0 Å². The number of nitrogens with zero attached hydrogens (tertiary/aromatic N) is 2. The Morgan fingerprint density at radius 3 is 2.62 bits per heavy atom. The van der Waals surface area contributed by atoms with Crippen molar-refractivity contribution in [3.8, 4) is 0 Å². The van der Waals surface area contributed by atoms with Crippen molar-refractivity contribution in [3.05, 3.63) is 18.7 Å². The molecule has 0 radical (unpaired) electrons. The van der Waals surface area contributed by atoms with Crippen LogP contribution in [0.1, 0.15) is 90.4 Å². The van der Waals surface area contributed by atoms with Crippen molar-refractivity contribution in [2.75, 3.05) is 5.75 Å². The van der Waals surface area contributed by atoms with Gasteiger partial charge in [0, 0.05) is 24.2 Å². The molecule has 2 rings (SSSR count). The van der Waals surface area contributed by atoms with Crippen LogP contribution >= 0.6 is 11.8 Å². The number of unbranched alkanes of at least 4 members (excludes halogenated alkanes) is 5. The predicted octanol–water partition coefficient (Wildman–Crippen LogP) is 6.71. The van der Waals surface area contributed by atoms with E-state index in [1.807, 2.05) is 12.5 Å². The molecule has 24 heavy (non-hydrogen) atoms. The van der Waals surface area contributed by atoms with E-state index in [1.54, 1.807) is 0 Å². The summed E-state index contributed by atoms with van der Waals surface area (Å²) in [5.41, 5.74) is 0. The van der Waals surface area contributed by atoms with Gasteiger partial charge in [0.05, 0.1) is 6.33 Å². The number of imidazole rings is 1. The van der Waals surface area contributed by atoms with Crippen molar-refractivity contribution in [1.82, 2.24) is 9.55 Å². The maximum absolute atomic E-state index is 4.13. The summed E-state index contributed by atoms with van der Waals surface area (Å²) in [5, 5.41) is 0.945. The Balaban J connectivity index is 1.62. The summed E-state index contributed by atoms with van der Waals surface area (Å²) >= 11 is 2.32. The summed E-state index contributed by atoms with van der Waals surface area (Å²) < 4.78 is 2.21. The first kappa shape index (κ1) is 19.9. The molecule has 1 aliphatic rings. The SMILES string of the molecule is CCCCCCSC(CCCCCn1ccnc1)C1CCCCC1. The Labute approximate surface area is 154 Å². The topological polar surface area (TPSA) is 17.8 Å². The first-order chi connectivity index (χ1) is 11.9. The van der Waals surface area contributed by atoms with Crippen LogP contribution in [0.5, 0.6) is 0 Å². The van der Waals surface area contributed by atoms with Gasteiger partial charge in [-0.3, -0.25) is 0 Å². The summed E-state index contributed by atoms with van der Waals surface area (Å²) in [6.45, 7) is 3.44. The maximum atomic E-state index is 4.13. The molecule has 1 aliphatic carbocycles. The first-order valence-corrected chi connectivity index (χ1v) is 11.5. The number of hydrogen-bond acceptors (Lipinski definition) is 2. The molecule has 1 fully saturated rings. The summed E-state index contributed by atoms with van der Waals surface area (Å²) in [6.07, 6.45) is 24.5. The zero-order chi connectivity index (χ0) is 16.9. The van der Waals surface area contributed by atoms with Crippen molar-refractivity contribution in [1.29, 1.82) is 0 Å². The average Bonchev–Trinajstić information content (AvgIpc) is 3.14. The Kier molecular flexibility index (Phi) is 10.6. The molecule has 0 saturated heterocycles. The molecular weight excluding hydrogens is 312 g/mol. The molecular formula is C21H38N2S. The summed E-state index contributed by atoms with van der Waals surface area (Å²) in [4.78, 5) is 4.13. The molecule has 1 aromatic rings. The zero-order valence-electron chi connectivity index (χ0n) is 15.8. The second kappa shape index (κ2) is 12.9. The van der Waals surface area contributed by atoms with Gasteiger partial charge in [0.1, 0.15) is 0 Å². The highest BCUT2D eigenvalue weighted by molar-refractivity contribution is 7.99. The second-order valence-electron chi connectivity index (χ2n) is 7.52. The minimum atomic E-state index is 0.945. The van der Waals surface area contributed by atoms with Gasteiger partial charge in [-0.05, 0) is 43.8 Å². The molecule has 1 aromatic heterocycles. The van der Waals surface area contributed by atoms with Crippen LogP contribution in [0.4, 0.5) is 0 Å². The van der Waals surface area contributed by atoms with Gasteiger partial charge < -0.3 is 4.57 Å². The fourth-order valence-electron chi connectivity index (χ4n) is 3.96. The van der Waals surface area contributed by atoms with Crippen molar-refractivity contribution < 1.29 is 0 Å². The van der Waals surface area contributed by atoms with E-state index in [2.05, 4.69) is 34.4 Å². The minimum absolute atomic E-state index is 0.945. The van der Waals surface area contributed by atoms with Crippen LogP contribution in [0.15, 0.2) is 18.7 Å². The highest BCUT2D eigenvalue weighted by Crippen LogP contribution is 2.36. The van der Waals surface area contributed by atoms with Crippen LogP contribution in [0.25, 0.3) is 0 Å². The molecule has 1 atom stereocenters. The monoisotopic (exact) mass is 350 g/mol. The molecule has 0 bridgehead atoms. The summed E-state index contributed by atoms with van der Waals surface area (Å²) in [6, 6.07) is 0. The lowest BCUT2D eigenvalue weighted by atomic mass is 9.85. The van der Waals surface area contributed by atoms with Crippen LogP contribution in [-0.2, 0) is 6.54 Å². The van der Waals surface area contributed by atoms with E-state index in [0.29, 0.717) is 0 Å². The third-order valence-electron chi connectivity index (χ3n) is 5.47. The van der Waals surface area contributed by atoms with E-state index in [0.717, 1.165) is 17.7 Å². The molecule has 0 amide bonds. The quantitative estimate of drug-likeness (QED) is 0.368. The lowest BCUT2D eigenvalue weighted by Crippen LogP contribution is -2.21. The van der Waals surface area contributed by atoms with E-state index in [-0.39, 0.29) is 0 Å². The molecule has 1 unspecified atom stereocenters. The minimum Gasteiger partial charge on any atom is -0.337 e. The lowest BCUT2D eigenvalue weighted by molar-refractivity contribution is 0.336. The molecule has 1 saturated carbocycles. The zero-order valence-corrected chi connectivity index (χ0v) is 16.6. The fourth-order valence-corrected chi connectivity index (χ4v) is 5.51.